The lowest BCUT2D eigenvalue weighted by Crippen LogP contribution is -2.47. The maximum atomic E-state index is 12.8. The molecule has 0 bridgehead atoms. The first-order chi connectivity index (χ1) is 13.4. The van der Waals surface area contributed by atoms with Crippen molar-refractivity contribution < 1.29 is 14.3 Å². The summed E-state index contributed by atoms with van der Waals surface area (Å²) in [5.74, 6) is 1.58. The van der Waals surface area contributed by atoms with E-state index in [2.05, 4.69) is 26.8 Å². The summed E-state index contributed by atoms with van der Waals surface area (Å²) in [7, 11) is 0. The number of piperidine rings is 1. The van der Waals surface area contributed by atoms with Gasteiger partial charge in [0.25, 0.3) is 5.91 Å². The minimum atomic E-state index is -0.518. The smallest absolute Gasteiger partial charge is 0.263 e. The van der Waals surface area contributed by atoms with Crippen LogP contribution in [0.5, 0.6) is 5.75 Å². The summed E-state index contributed by atoms with van der Waals surface area (Å²) in [5, 5.41) is 0. The zero-order chi connectivity index (χ0) is 20.3. The van der Waals surface area contributed by atoms with Gasteiger partial charge in [-0.1, -0.05) is 19.9 Å². The second-order valence-electron chi connectivity index (χ2n) is 8.57. The third-order valence-corrected chi connectivity index (χ3v) is 6.10. The number of nitrogens with zero attached hydrogens (tertiary/aromatic N) is 2. The van der Waals surface area contributed by atoms with Gasteiger partial charge in [0, 0.05) is 32.1 Å². The number of likely N-dealkylation sites (tertiary alicyclic amines) is 2. The number of ether oxygens (including phenoxy) is 1. The maximum absolute atomic E-state index is 12.8. The summed E-state index contributed by atoms with van der Waals surface area (Å²) in [6, 6.07) is 6.05. The summed E-state index contributed by atoms with van der Waals surface area (Å²) in [5.41, 5.74) is 2.49. The number of carbonyl (C=O) groups excluding carboxylic acids is 2. The van der Waals surface area contributed by atoms with Crippen LogP contribution >= 0.6 is 0 Å². The van der Waals surface area contributed by atoms with E-state index < -0.39 is 6.10 Å². The molecule has 5 heteroatoms. The standard InChI is InChI=1S/C23H34N2O3/c1-16(2)21-8-7-20(15-17(21)3)28-18(4)22(26)25-13-9-19(10-14-25)23(27)24-11-5-6-12-24/h7-8,15-16,18-19H,5-6,9-14H2,1-4H3. The van der Waals surface area contributed by atoms with Crippen molar-refractivity contribution in [1.29, 1.82) is 0 Å². The molecule has 3 rings (SSSR count). The number of rotatable bonds is 5. The summed E-state index contributed by atoms with van der Waals surface area (Å²) in [6.45, 7) is 11.3. The zero-order valence-electron chi connectivity index (χ0n) is 17.7. The molecule has 5 nitrogen and oxygen atoms in total. The minimum Gasteiger partial charge on any atom is -0.481 e. The normalized spacial score (nSPS) is 19.2. The Kier molecular flexibility index (Phi) is 6.63. The van der Waals surface area contributed by atoms with Crippen molar-refractivity contribution in [1.82, 2.24) is 9.80 Å². The Balaban J connectivity index is 1.51. The van der Waals surface area contributed by atoms with E-state index in [0.29, 0.717) is 19.0 Å². The second kappa shape index (κ2) is 8.97. The van der Waals surface area contributed by atoms with Gasteiger partial charge in [-0.3, -0.25) is 9.59 Å². The Morgan fingerprint density at radius 3 is 2.21 bits per heavy atom. The first-order valence-electron chi connectivity index (χ1n) is 10.7. The van der Waals surface area contributed by atoms with E-state index in [1.807, 2.05) is 28.9 Å². The van der Waals surface area contributed by atoms with Crippen molar-refractivity contribution in [2.75, 3.05) is 26.2 Å². The molecular formula is C23H34N2O3. The molecule has 2 fully saturated rings. The first kappa shape index (κ1) is 20.7. The third-order valence-electron chi connectivity index (χ3n) is 6.10. The maximum Gasteiger partial charge on any atom is 0.263 e. The summed E-state index contributed by atoms with van der Waals surface area (Å²) in [6.07, 6.45) is 3.24. The fraction of sp³-hybridized carbons (Fsp3) is 0.652. The van der Waals surface area contributed by atoms with E-state index >= 15 is 0 Å². The van der Waals surface area contributed by atoms with Gasteiger partial charge < -0.3 is 14.5 Å². The molecule has 1 aromatic rings. The van der Waals surface area contributed by atoms with Gasteiger partial charge in [-0.15, -0.1) is 0 Å². The number of hydrogen-bond acceptors (Lipinski definition) is 3. The summed E-state index contributed by atoms with van der Waals surface area (Å²) in [4.78, 5) is 29.2. The van der Waals surface area contributed by atoms with Crippen molar-refractivity contribution >= 4 is 11.8 Å². The molecule has 1 atom stereocenters. The highest BCUT2D eigenvalue weighted by Gasteiger charge is 2.32. The largest absolute Gasteiger partial charge is 0.481 e. The third kappa shape index (κ3) is 4.68. The molecule has 0 saturated carbocycles. The monoisotopic (exact) mass is 386 g/mol. The van der Waals surface area contributed by atoms with Crippen LogP contribution in [0.2, 0.25) is 0 Å². The molecule has 2 aliphatic rings. The Morgan fingerprint density at radius 2 is 1.64 bits per heavy atom. The van der Waals surface area contributed by atoms with Gasteiger partial charge in [0.2, 0.25) is 5.91 Å². The predicted octanol–water partition coefficient (Wildman–Crippen LogP) is 3.75. The SMILES string of the molecule is Cc1cc(OC(C)C(=O)N2CCC(C(=O)N3CCCC3)CC2)ccc1C(C)C. The van der Waals surface area contributed by atoms with Gasteiger partial charge >= 0.3 is 0 Å². The molecule has 154 valence electrons. The quantitative estimate of drug-likeness (QED) is 0.774. The predicted molar refractivity (Wildman–Crippen MR) is 110 cm³/mol. The highest BCUT2D eigenvalue weighted by molar-refractivity contribution is 5.82. The number of benzene rings is 1. The van der Waals surface area contributed by atoms with Gasteiger partial charge in [0.15, 0.2) is 6.10 Å². The van der Waals surface area contributed by atoms with E-state index in [4.69, 9.17) is 4.74 Å². The number of aryl methyl sites for hydroxylation is 1. The molecule has 2 amide bonds. The van der Waals surface area contributed by atoms with Crippen LogP contribution in [0.25, 0.3) is 0 Å². The van der Waals surface area contributed by atoms with Crippen LogP contribution in [0.4, 0.5) is 0 Å². The summed E-state index contributed by atoms with van der Waals surface area (Å²) >= 11 is 0. The van der Waals surface area contributed by atoms with E-state index in [-0.39, 0.29) is 17.7 Å². The summed E-state index contributed by atoms with van der Waals surface area (Å²) < 4.78 is 5.93. The van der Waals surface area contributed by atoms with Gasteiger partial charge in [-0.2, -0.15) is 0 Å². The average molecular weight is 387 g/mol. The Bertz CT molecular complexity index is 702. The molecule has 2 heterocycles. The van der Waals surface area contributed by atoms with Crippen LogP contribution in [0, 0.1) is 12.8 Å². The van der Waals surface area contributed by atoms with Crippen molar-refractivity contribution in [2.24, 2.45) is 5.92 Å². The zero-order valence-corrected chi connectivity index (χ0v) is 17.7. The lowest BCUT2D eigenvalue weighted by Gasteiger charge is -2.34. The van der Waals surface area contributed by atoms with Crippen LogP contribution in [0.15, 0.2) is 18.2 Å². The molecule has 0 spiro atoms. The van der Waals surface area contributed by atoms with Crippen LogP contribution in [0.3, 0.4) is 0 Å². The first-order valence-corrected chi connectivity index (χ1v) is 10.7. The molecule has 0 radical (unpaired) electrons. The van der Waals surface area contributed by atoms with Gasteiger partial charge in [-0.25, -0.2) is 0 Å². The van der Waals surface area contributed by atoms with Crippen molar-refractivity contribution in [2.45, 2.75) is 65.4 Å². The van der Waals surface area contributed by atoms with Crippen LogP contribution in [-0.4, -0.2) is 53.9 Å². The molecule has 0 aromatic heterocycles. The Hall–Kier alpha value is -2.04. The average Bonchev–Trinajstić information content (AvgIpc) is 3.21. The van der Waals surface area contributed by atoms with Crippen molar-refractivity contribution in [3.63, 3.8) is 0 Å². The number of amides is 2. The van der Waals surface area contributed by atoms with E-state index in [0.717, 1.165) is 44.5 Å². The van der Waals surface area contributed by atoms with Crippen LogP contribution in [0.1, 0.15) is 63.5 Å². The van der Waals surface area contributed by atoms with Crippen LogP contribution < -0.4 is 4.74 Å². The minimum absolute atomic E-state index is 0.0117. The highest BCUT2D eigenvalue weighted by atomic mass is 16.5. The Labute approximate surface area is 169 Å². The highest BCUT2D eigenvalue weighted by Crippen LogP contribution is 2.26. The fourth-order valence-electron chi connectivity index (χ4n) is 4.42. The van der Waals surface area contributed by atoms with E-state index in [1.54, 1.807) is 0 Å². The topological polar surface area (TPSA) is 49.9 Å². The lowest BCUT2D eigenvalue weighted by molar-refractivity contribution is -0.143. The molecular weight excluding hydrogens is 352 g/mol. The molecule has 28 heavy (non-hydrogen) atoms. The Morgan fingerprint density at radius 1 is 1.00 bits per heavy atom. The van der Waals surface area contributed by atoms with Crippen molar-refractivity contribution in [3.05, 3.63) is 29.3 Å². The molecule has 0 aliphatic carbocycles. The van der Waals surface area contributed by atoms with E-state index in [9.17, 15) is 9.59 Å². The number of hydrogen-bond donors (Lipinski definition) is 0. The molecule has 1 unspecified atom stereocenters. The lowest BCUT2D eigenvalue weighted by atomic mass is 9.95. The second-order valence-corrected chi connectivity index (χ2v) is 8.57. The van der Waals surface area contributed by atoms with Gasteiger partial charge in [0.05, 0.1) is 0 Å². The van der Waals surface area contributed by atoms with Gasteiger partial charge in [0.1, 0.15) is 5.75 Å². The number of carbonyl (C=O) groups is 2. The van der Waals surface area contributed by atoms with Crippen molar-refractivity contribution in [3.8, 4) is 5.75 Å². The van der Waals surface area contributed by atoms with Crippen LogP contribution in [-0.2, 0) is 9.59 Å². The molecule has 2 saturated heterocycles. The molecule has 2 aliphatic heterocycles. The van der Waals surface area contributed by atoms with Gasteiger partial charge in [-0.05, 0) is 68.7 Å². The fourth-order valence-corrected chi connectivity index (χ4v) is 4.42. The molecule has 1 aromatic carbocycles. The van der Waals surface area contributed by atoms with E-state index in [1.165, 1.54) is 11.1 Å². The molecule has 0 N–H and O–H groups in total.